The second-order valence-corrected chi connectivity index (χ2v) is 18.1. The summed E-state index contributed by atoms with van der Waals surface area (Å²) >= 11 is 0. The van der Waals surface area contributed by atoms with E-state index in [1.54, 1.807) is 64.4 Å². The molecule has 2 atom stereocenters. The summed E-state index contributed by atoms with van der Waals surface area (Å²) in [5.41, 5.74) is 20.4. The number of primary amides is 2. The van der Waals surface area contributed by atoms with Gasteiger partial charge >= 0.3 is 0 Å². The molecule has 0 bridgehead atoms. The number of rotatable bonds is 12. The number of amides is 5. The second kappa shape index (κ2) is 23.4. The van der Waals surface area contributed by atoms with Gasteiger partial charge in [-0.3, -0.25) is 24.0 Å². The summed E-state index contributed by atoms with van der Waals surface area (Å²) in [6, 6.07) is 24.9. The van der Waals surface area contributed by atoms with Crippen LogP contribution in [0.5, 0.6) is 0 Å². The third kappa shape index (κ3) is 12.4. The lowest BCUT2D eigenvalue weighted by Crippen LogP contribution is -2.48. The molecule has 4 fully saturated rings. The predicted molar refractivity (Wildman–Crippen MR) is 273 cm³/mol. The molecule has 4 aliphatic heterocycles. The summed E-state index contributed by atoms with van der Waals surface area (Å²) in [5.74, 6) is -0.819. The Balaban J connectivity index is 0.000000192. The fraction of sp³-hybridized carbons (Fsp3) is 0.360. The van der Waals surface area contributed by atoms with Gasteiger partial charge < -0.3 is 62.2 Å². The summed E-state index contributed by atoms with van der Waals surface area (Å²) in [6.07, 6.45) is 3.45. The Kier molecular flexibility index (Phi) is 15.9. The van der Waals surface area contributed by atoms with E-state index in [4.69, 9.17) is 26.7 Å². The molecule has 7 heterocycles. The molecule has 0 unspecified atom stereocenters. The largest absolute Gasteiger partial charge is 0.378 e. The molecular weight excluding hydrogens is 951 g/mol. The monoisotopic (exact) mass is 1010 g/mol. The minimum Gasteiger partial charge on any atom is -0.378 e. The molecule has 0 saturated carbocycles. The second-order valence-electron chi connectivity index (χ2n) is 18.1. The number of hydrogen-bond acceptors (Lipinski definition) is 19. The van der Waals surface area contributed by atoms with Crippen molar-refractivity contribution in [2.45, 2.75) is 37.8 Å². The average Bonchev–Trinajstić information content (AvgIpc) is 3.43. The van der Waals surface area contributed by atoms with Gasteiger partial charge in [0.1, 0.15) is 5.69 Å². The van der Waals surface area contributed by atoms with Gasteiger partial charge in [0.25, 0.3) is 29.5 Å². The number of benzene rings is 3. The van der Waals surface area contributed by atoms with Crippen LogP contribution in [0.15, 0.2) is 84.9 Å². The molecule has 0 spiro atoms. The van der Waals surface area contributed by atoms with E-state index in [1.807, 2.05) is 40.1 Å². The van der Waals surface area contributed by atoms with Crippen molar-refractivity contribution in [3.8, 4) is 0 Å². The van der Waals surface area contributed by atoms with Gasteiger partial charge in [0.05, 0.1) is 31.9 Å². The van der Waals surface area contributed by atoms with Crippen molar-refractivity contribution in [2.75, 3.05) is 99.2 Å². The first kappa shape index (κ1) is 50.5. The molecule has 4 aliphatic rings. The fourth-order valence-electron chi connectivity index (χ4n) is 8.89. The van der Waals surface area contributed by atoms with Crippen LogP contribution in [0, 0.1) is 0 Å². The van der Waals surface area contributed by atoms with E-state index >= 15 is 0 Å². The first-order chi connectivity index (χ1) is 35.9. The van der Waals surface area contributed by atoms with Crippen molar-refractivity contribution < 1.29 is 33.4 Å². The predicted octanol–water partition coefficient (Wildman–Crippen LogP) is 2.25. The lowest BCUT2D eigenvalue weighted by molar-refractivity contribution is 0.0301. The molecule has 9 N–H and O–H groups in total. The highest BCUT2D eigenvalue weighted by atomic mass is 16.5. The Bertz CT molecular complexity index is 2990. The van der Waals surface area contributed by atoms with Crippen LogP contribution in [-0.2, 0) is 9.47 Å². The highest BCUT2D eigenvalue weighted by molar-refractivity contribution is 5.98. The van der Waals surface area contributed by atoms with E-state index in [1.165, 1.54) is 0 Å². The topological polar surface area (TPSA) is 321 Å². The normalized spacial score (nSPS) is 17.9. The summed E-state index contributed by atoms with van der Waals surface area (Å²) in [5, 5.41) is 26.5. The van der Waals surface area contributed by atoms with Gasteiger partial charge in [-0.1, -0.05) is 24.3 Å². The SMILES string of the molecule is NC(=O)c1nnc(N2CCC[C@@H](N)C2)nc1Nc1ccc(C(=O)N2CCOCC2)cc1.NC(=O)c1nnc(N2CCC[C@@H](NC(=O)c3ccc4ccccc4n3)C2)nc1Nc1ccc(C(=O)N2CCOCC2)cc1. The number of anilines is 6. The minimum absolute atomic E-state index is 0.0416. The number of aromatic nitrogens is 7. The maximum atomic E-state index is 13.0. The number of nitrogens with zero attached hydrogens (tertiary/aromatic N) is 11. The number of para-hydroxylation sites is 1. The van der Waals surface area contributed by atoms with Gasteiger partial charge in [-0.25, -0.2) is 4.98 Å². The lowest BCUT2D eigenvalue weighted by Gasteiger charge is -2.33. The summed E-state index contributed by atoms with van der Waals surface area (Å²) in [6.45, 7) is 6.90. The number of pyridine rings is 1. The quantitative estimate of drug-likeness (QED) is 0.102. The smallest absolute Gasteiger partial charge is 0.273 e. The van der Waals surface area contributed by atoms with Crippen LogP contribution in [0.1, 0.15) is 77.9 Å². The minimum atomic E-state index is -0.778. The number of piperidine rings is 2. The zero-order chi connectivity index (χ0) is 51.6. The van der Waals surface area contributed by atoms with Crippen molar-refractivity contribution in [3.05, 3.63) is 113 Å². The van der Waals surface area contributed by atoms with Crippen molar-refractivity contribution >= 4 is 75.3 Å². The third-order valence-corrected chi connectivity index (χ3v) is 12.8. The van der Waals surface area contributed by atoms with Crippen LogP contribution in [0.3, 0.4) is 0 Å². The summed E-state index contributed by atoms with van der Waals surface area (Å²) in [7, 11) is 0. The van der Waals surface area contributed by atoms with E-state index < -0.39 is 11.8 Å². The maximum absolute atomic E-state index is 13.0. The van der Waals surface area contributed by atoms with Gasteiger partial charge in [-0.15, -0.1) is 20.4 Å². The Morgan fingerprint density at radius 2 is 1.05 bits per heavy atom. The zero-order valence-corrected chi connectivity index (χ0v) is 40.6. The van der Waals surface area contributed by atoms with Gasteiger partial charge in [0.15, 0.2) is 23.0 Å². The van der Waals surface area contributed by atoms with Crippen molar-refractivity contribution in [3.63, 3.8) is 0 Å². The van der Waals surface area contributed by atoms with E-state index in [0.717, 1.165) is 43.1 Å². The Morgan fingerprint density at radius 3 is 1.57 bits per heavy atom. The zero-order valence-electron chi connectivity index (χ0n) is 40.6. The van der Waals surface area contributed by atoms with E-state index in [0.29, 0.717) is 112 Å². The molecule has 74 heavy (non-hydrogen) atoms. The standard InChI is InChI=1S/C30H31N9O4.C20H26N8O3/c31-26(40)25-27(32-21-10-7-20(8-11-21)29(42)38-14-16-43-17-15-38)35-30(37-36-25)39-13-3-5-22(18-39)33-28(41)24-12-9-19-4-1-2-6-23(19)34-24;21-14-2-1-7-28(12-14)20-24-18(16(17(22)29)25-26-20)23-15-5-3-13(4-6-15)19(30)27-8-10-31-11-9-27/h1-2,4,6-12,22H,3,5,13-18H2,(H2,31,40)(H,33,41)(H,32,35,37);3-6,14H,1-2,7-12,21H2,(H2,22,29)(H,23,24,26)/t22-;14-/m11/s1. The van der Waals surface area contributed by atoms with Gasteiger partial charge in [0.2, 0.25) is 11.9 Å². The molecule has 10 rings (SSSR count). The molecule has 0 aliphatic carbocycles. The average molecular weight is 1010 g/mol. The van der Waals surface area contributed by atoms with Crippen LogP contribution >= 0.6 is 0 Å². The molecule has 384 valence electrons. The molecule has 3 aromatic carbocycles. The van der Waals surface area contributed by atoms with Gasteiger partial charge in [0, 0.05) is 92.3 Å². The lowest BCUT2D eigenvalue weighted by atomic mass is 10.1. The Hall–Kier alpha value is -8.48. The molecule has 4 saturated heterocycles. The first-order valence-corrected chi connectivity index (χ1v) is 24.4. The molecule has 24 heteroatoms. The molecular formula is C50H57N17O7. The molecule has 0 radical (unpaired) electrons. The number of nitrogens with one attached hydrogen (secondary N) is 3. The fourth-order valence-corrected chi connectivity index (χ4v) is 8.89. The van der Waals surface area contributed by atoms with Gasteiger partial charge in [-0.2, -0.15) is 9.97 Å². The van der Waals surface area contributed by atoms with Crippen molar-refractivity contribution in [2.24, 2.45) is 17.2 Å². The van der Waals surface area contributed by atoms with E-state index in [-0.39, 0.29) is 52.8 Å². The molecule has 3 aromatic heterocycles. The van der Waals surface area contributed by atoms with Crippen LogP contribution in [0.4, 0.5) is 34.9 Å². The van der Waals surface area contributed by atoms with Crippen LogP contribution < -0.4 is 43.0 Å². The van der Waals surface area contributed by atoms with Crippen molar-refractivity contribution in [1.82, 2.24) is 50.5 Å². The number of fused-ring (bicyclic) bond motifs is 1. The summed E-state index contributed by atoms with van der Waals surface area (Å²) in [4.78, 5) is 83.2. The highest BCUT2D eigenvalue weighted by Gasteiger charge is 2.27. The molecule has 24 nitrogen and oxygen atoms in total. The number of carbonyl (C=O) groups excluding carboxylic acids is 5. The van der Waals surface area contributed by atoms with E-state index in [9.17, 15) is 24.0 Å². The van der Waals surface area contributed by atoms with Crippen LogP contribution in [-0.4, -0.2) is 166 Å². The third-order valence-electron chi connectivity index (χ3n) is 12.8. The molecule has 5 amide bonds. The van der Waals surface area contributed by atoms with Crippen LogP contribution in [0.2, 0.25) is 0 Å². The van der Waals surface area contributed by atoms with Gasteiger partial charge in [-0.05, 0) is 86.3 Å². The number of morpholine rings is 2. The number of ether oxygens (including phenoxy) is 2. The van der Waals surface area contributed by atoms with Crippen LogP contribution in [0.25, 0.3) is 10.9 Å². The van der Waals surface area contributed by atoms with Crippen molar-refractivity contribution in [1.29, 1.82) is 0 Å². The highest BCUT2D eigenvalue weighted by Crippen LogP contribution is 2.25. The number of hydrogen-bond donors (Lipinski definition) is 6. The first-order valence-electron chi connectivity index (χ1n) is 24.4. The Labute approximate surface area is 425 Å². The molecule has 6 aromatic rings. The number of nitrogens with two attached hydrogens (primary N) is 3. The number of carbonyl (C=O) groups is 5. The maximum Gasteiger partial charge on any atom is 0.273 e. The summed E-state index contributed by atoms with van der Waals surface area (Å²) < 4.78 is 10.6. The Morgan fingerprint density at radius 1 is 0.554 bits per heavy atom. The van der Waals surface area contributed by atoms with E-state index in [2.05, 4.69) is 51.3 Å².